The molecule has 6 nitrogen and oxygen atoms in total. The third-order valence-electron chi connectivity index (χ3n) is 2.83. The number of phenols is 2. The van der Waals surface area contributed by atoms with E-state index in [1.165, 1.54) is 18.2 Å². The van der Waals surface area contributed by atoms with Crippen LogP contribution in [0.25, 0.3) is 0 Å². The molecule has 0 saturated carbocycles. The van der Waals surface area contributed by atoms with Gasteiger partial charge in [0.1, 0.15) is 0 Å². The summed E-state index contributed by atoms with van der Waals surface area (Å²) in [6.07, 6.45) is 2.38. The second kappa shape index (κ2) is 5.43. The van der Waals surface area contributed by atoms with Gasteiger partial charge in [0, 0.05) is 37.5 Å². The first-order chi connectivity index (χ1) is 9.08. The predicted octanol–water partition coefficient (Wildman–Crippen LogP) is 0.804. The van der Waals surface area contributed by atoms with Gasteiger partial charge in [-0.15, -0.1) is 0 Å². The fraction of sp³-hybridized carbons (Fsp3) is 0.231. The molecule has 2 aromatic rings. The number of carbonyl (C=O) groups is 1. The summed E-state index contributed by atoms with van der Waals surface area (Å²) in [6.45, 7) is 0.472. The molecule has 0 aliphatic rings. The number of benzene rings is 1. The van der Waals surface area contributed by atoms with Crippen molar-refractivity contribution in [1.29, 1.82) is 0 Å². The topological polar surface area (TPSA) is 87.4 Å². The van der Waals surface area contributed by atoms with Gasteiger partial charge < -0.3 is 15.5 Å². The van der Waals surface area contributed by atoms with Gasteiger partial charge in [-0.1, -0.05) is 0 Å². The number of amides is 1. The number of hydrogen-bond acceptors (Lipinski definition) is 4. The minimum absolute atomic E-state index is 0.244. The molecule has 0 radical (unpaired) electrons. The van der Waals surface area contributed by atoms with Crippen molar-refractivity contribution in [2.24, 2.45) is 7.05 Å². The fourth-order valence-corrected chi connectivity index (χ4v) is 1.72. The van der Waals surface area contributed by atoms with Gasteiger partial charge in [-0.2, -0.15) is 5.10 Å². The van der Waals surface area contributed by atoms with E-state index in [1.54, 1.807) is 10.9 Å². The summed E-state index contributed by atoms with van der Waals surface area (Å²) in [5, 5.41) is 25.3. The summed E-state index contributed by atoms with van der Waals surface area (Å²) in [4.78, 5) is 11.8. The lowest BCUT2D eigenvalue weighted by molar-refractivity contribution is 0.0953. The normalized spacial score (nSPS) is 10.4. The summed E-state index contributed by atoms with van der Waals surface area (Å²) in [5.74, 6) is -0.844. The monoisotopic (exact) mass is 261 g/mol. The predicted molar refractivity (Wildman–Crippen MR) is 69.0 cm³/mol. The Morgan fingerprint density at radius 1 is 1.32 bits per heavy atom. The smallest absolute Gasteiger partial charge is 0.251 e. The third-order valence-corrected chi connectivity index (χ3v) is 2.83. The SMILES string of the molecule is Cn1nccc1CCNC(=O)c1ccc(O)c(O)c1. The van der Waals surface area contributed by atoms with Crippen molar-refractivity contribution in [3.63, 3.8) is 0 Å². The van der Waals surface area contributed by atoms with E-state index in [0.717, 1.165) is 5.69 Å². The standard InChI is InChI=1S/C13H15N3O3/c1-16-10(5-7-15-16)4-6-14-13(19)9-2-3-11(17)12(18)8-9/h2-3,5,7-8,17-18H,4,6H2,1H3,(H,14,19). The molecule has 0 spiro atoms. The number of hydrogen-bond donors (Lipinski definition) is 3. The zero-order chi connectivity index (χ0) is 13.8. The highest BCUT2D eigenvalue weighted by molar-refractivity contribution is 5.94. The molecule has 6 heteroatoms. The van der Waals surface area contributed by atoms with Crippen LogP contribution in [0.1, 0.15) is 16.1 Å². The Kier molecular flexibility index (Phi) is 3.70. The highest BCUT2D eigenvalue weighted by atomic mass is 16.3. The minimum Gasteiger partial charge on any atom is -0.504 e. The van der Waals surface area contributed by atoms with Gasteiger partial charge in [-0.05, 0) is 24.3 Å². The lowest BCUT2D eigenvalue weighted by Crippen LogP contribution is -2.26. The van der Waals surface area contributed by atoms with E-state index in [1.807, 2.05) is 13.1 Å². The van der Waals surface area contributed by atoms with Crippen LogP contribution >= 0.6 is 0 Å². The maximum absolute atomic E-state index is 11.8. The molecular formula is C13H15N3O3. The number of aromatic hydroxyl groups is 2. The molecule has 0 unspecified atom stereocenters. The highest BCUT2D eigenvalue weighted by Gasteiger charge is 2.08. The summed E-state index contributed by atoms with van der Waals surface area (Å²) in [7, 11) is 1.84. The molecule has 3 N–H and O–H groups in total. The molecule has 2 rings (SSSR count). The van der Waals surface area contributed by atoms with E-state index >= 15 is 0 Å². The van der Waals surface area contributed by atoms with Gasteiger partial charge in [0.25, 0.3) is 5.91 Å². The van der Waals surface area contributed by atoms with Crippen molar-refractivity contribution in [2.45, 2.75) is 6.42 Å². The average Bonchev–Trinajstić information content (AvgIpc) is 2.78. The maximum atomic E-state index is 11.8. The lowest BCUT2D eigenvalue weighted by atomic mass is 10.2. The minimum atomic E-state index is -0.306. The van der Waals surface area contributed by atoms with Crippen LogP contribution < -0.4 is 5.32 Å². The molecule has 0 fully saturated rings. The summed E-state index contributed by atoms with van der Waals surface area (Å²) in [5.41, 5.74) is 1.33. The van der Waals surface area contributed by atoms with E-state index in [2.05, 4.69) is 10.4 Å². The molecular weight excluding hydrogens is 246 g/mol. The number of aryl methyl sites for hydroxylation is 1. The van der Waals surface area contributed by atoms with Crippen molar-refractivity contribution in [3.8, 4) is 11.5 Å². The van der Waals surface area contributed by atoms with E-state index in [4.69, 9.17) is 5.11 Å². The zero-order valence-corrected chi connectivity index (χ0v) is 10.5. The first-order valence-corrected chi connectivity index (χ1v) is 5.85. The molecule has 0 bridgehead atoms. The van der Waals surface area contributed by atoms with E-state index in [0.29, 0.717) is 18.5 Å². The Balaban J connectivity index is 1.91. The molecule has 1 aromatic carbocycles. The zero-order valence-electron chi connectivity index (χ0n) is 10.5. The second-order valence-electron chi connectivity index (χ2n) is 4.16. The number of carbonyl (C=O) groups excluding carboxylic acids is 1. The van der Waals surface area contributed by atoms with Gasteiger partial charge in [0.05, 0.1) is 0 Å². The Labute approximate surface area is 110 Å². The van der Waals surface area contributed by atoms with Crippen LogP contribution in [-0.2, 0) is 13.5 Å². The van der Waals surface area contributed by atoms with Crippen LogP contribution in [0.5, 0.6) is 11.5 Å². The molecule has 1 amide bonds. The number of nitrogens with one attached hydrogen (secondary N) is 1. The van der Waals surface area contributed by atoms with Crippen molar-refractivity contribution < 1.29 is 15.0 Å². The van der Waals surface area contributed by atoms with E-state index < -0.39 is 0 Å². The maximum Gasteiger partial charge on any atom is 0.251 e. The molecule has 1 heterocycles. The van der Waals surface area contributed by atoms with Gasteiger partial charge in [0.15, 0.2) is 11.5 Å². The average molecular weight is 261 g/mol. The molecule has 0 saturated heterocycles. The summed E-state index contributed by atoms with van der Waals surface area (Å²) >= 11 is 0. The van der Waals surface area contributed by atoms with Crippen molar-refractivity contribution in [1.82, 2.24) is 15.1 Å². The molecule has 1 aromatic heterocycles. The largest absolute Gasteiger partial charge is 0.504 e. The fourth-order valence-electron chi connectivity index (χ4n) is 1.72. The first kappa shape index (κ1) is 12.9. The number of nitrogens with zero attached hydrogens (tertiary/aromatic N) is 2. The Morgan fingerprint density at radius 3 is 2.74 bits per heavy atom. The lowest BCUT2D eigenvalue weighted by Gasteiger charge is -2.06. The molecule has 0 aliphatic heterocycles. The number of rotatable bonds is 4. The second-order valence-corrected chi connectivity index (χ2v) is 4.16. The van der Waals surface area contributed by atoms with Crippen LogP contribution in [0.4, 0.5) is 0 Å². The Morgan fingerprint density at radius 2 is 2.11 bits per heavy atom. The summed E-state index contributed by atoms with van der Waals surface area (Å²) in [6, 6.07) is 5.85. The van der Waals surface area contributed by atoms with Crippen LogP contribution in [0.3, 0.4) is 0 Å². The van der Waals surface area contributed by atoms with Crippen molar-refractivity contribution >= 4 is 5.91 Å². The van der Waals surface area contributed by atoms with Crippen LogP contribution in [0.2, 0.25) is 0 Å². The Hall–Kier alpha value is -2.50. The Bertz CT molecular complexity index is 593. The van der Waals surface area contributed by atoms with Gasteiger partial charge in [0.2, 0.25) is 0 Å². The molecule has 19 heavy (non-hydrogen) atoms. The molecule has 0 atom stereocenters. The van der Waals surface area contributed by atoms with Crippen LogP contribution in [0, 0.1) is 0 Å². The van der Waals surface area contributed by atoms with Crippen molar-refractivity contribution in [2.75, 3.05) is 6.54 Å². The first-order valence-electron chi connectivity index (χ1n) is 5.85. The van der Waals surface area contributed by atoms with Gasteiger partial charge in [-0.3, -0.25) is 9.48 Å². The number of aromatic nitrogens is 2. The van der Waals surface area contributed by atoms with Crippen LogP contribution in [0.15, 0.2) is 30.5 Å². The van der Waals surface area contributed by atoms with Crippen molar-refractivity contribution in [3.05, 3.63) is 41.7 Å². The molecule has 0 aliphatic carbocycles. The highest BCUT2D eigenvalue weighted by Crippen LogP contribution is 2.24. The quantitative estimate of drug-likeness (QED) is 0.710. The van der Waals surface area contributed by atoms with Crippen LogP contribution in [-0.4, -0.2) is 32.4 Å². The summed E-state index contributed by atoms with van der Waals surface area (Å²) < 4.78 is 1.75. The molecule has 100 valence electrons. The van der Waals surface area contributed by atoms with Gasteiger partial charge >= 0.3 is 0 Å². The van der Waals surface area contributed by atoms with Gasteiger partial charge in [-0.25, -0.2) is 0 Å². The van der Waals surface area contributed by atoms with E-state index in [9.17, 15) is 9.90 Å². The number of phenolic OH excluding ortho intramolecular Hbond substituents is 2. The van der Waals surface area contributed by atoms with E-state index in [-0.39, 0.29) is 17.4 Å². The third kappa shape index (κ3) is 3.04.